The van der Waals surface area contributed by atoms with Crippen molar-refractivity contribution in [3.8, 4) is 0 Å². The van der Waals surface area contributed by atoms with Gasteiger partial charge in [0.1, 0.15) is 0 Å². The number of hydrogen-bond donors (Lipinski definition) is 3. The van der Waals surface area contributed by atoms with Gasteiger partial charge in [-0.05, 0) is 14.1 Å². The fraction of sp³-hybridized carbons (Fsp3) is 1.00. The monoisotopic (exact) mass is 88.1 g/mol. The van der Waals surface area contributed by atoms with Gasteiger partial charge in [-0.15, -0.1) is 0 Å². The van der Waals surface area contributed by atoms with Gasteiger partial charge < -0.3 is 5.32 Å². The summed E-state index contributed by atoms with van der Waals surface area (Å²) in [6.45, 7) is 0. The minimum absolute atomic E-state index is 0. The maximum Gasteiger partial charge on any atom is 0 e. The van der Waals surface area contributed by atoms with E-state index < -0.39 is 0 Å². The van der Waals surface area contributed by atoms with E-state index in [1.165, 1.54) is 0 Å². The van der Waals surface area contributed by atoms with Gasteiger partial charge in [-0.25, -0.2) is 0 Å². The van der Waals surface area contributed by atoms with E-state index in [1.807, 2.05) is 14.1 Å². The molecule has 0 aliphatic carbocycles. The maximum atomic E-state index is 4.00. The lowest BCUT2D eigenvalue weighted by molar-refractivity contribution is 1.02. The SMILES string of the molecule is CNC.NN.[B]. The Morgan fingerprint density at radius 1 is 1.17 bits per heavy atom. The molecule has 0 atom stereocenters. The summed E-state index contributed by atoms with van der Waals surface area (Å²) in [6, 6.07) is 0. The van der Waals surface area contributed by atoms with Gasteiger partial charge in [-0.2, -0.15) is 0 Å². The molecular weight excluding hydrogens is 76.9 g/mol. The van der Waals surface area contributed by atoms with E-state index in [2.05, 4.69) is 17.0 Å². The standard InChI is InChI=1S/C2H7N.B.H4N2/c1-3-2;;1-2/h3H,1-2H3;;1-2H2. The Balaban J connectivity index is -0.0000000275. The Hall–Kier alpha value is -0.0551. The minimum Gasteiger partial charge on any atom is -0.323 e. The van der Waals surface area contributed by atoms with Gasteiger partial charge in [-0.1, -0.05) is 0 Å². The molecule has 0 saturated heterocycles. The van der Waals surface area contributed by atoms with Gasteiger partial charge in [0, 0.05) is 8.41 Å². The smallest absolute Gasteiger partial charge is 0 e. The topological polar surface area (TPSA) is 64.1 Å². The molecule has 6 heavy (non-hydrogen) atoms. The molecule has 3 nitrogen and oxygen atoms in total. The molecule has 3 radical (unpaired) electrons. The van der Waals surface area contributed by atoms with Crippen LogP contribution in [0.3, 0.4) is 0 Å². The fourth-order valence-corrected chi connectivity index (χ4v) is 0. The molecule has 0 aliphatic rings. The lowest BCUT2D eigenvalue weighted by atomic mass is 10.8. The Morgan fingerprint density at radius 2 is 1.17 bits per heavy atom. The summed E-state index contributed by atoms with van der Waals surface area (Å²) in [4.78, 5) is 0. The first kappa shape index (κ1) is 16.8. The highest BCUT2D eigenvalue weighted by atomic mass is 15.0. The van der Waals surface area contributed by atoms with Crippen molar-refractivity contribution in [2.24, 2.45) is 11.7 Å². The number of rotatable bonds is 0. The predicted molar refractivity (Wildman–Crippen MR) is 29.1 cm³/mol. The lowest BCUT2D eigenvalue weighted by Crippen LogP contribution is -2.02. The van der Waals surface area contributed by atoms with Crippen molar-refractivity contribution >= 4 is 8.41 Å². The van der Waals surface area contributed by atoms with Crippen LogP contribution >= 0.6 is 0 Å². The van der Waals surface area contributed by atoms with E-state index in [-0.39, 0.29) is 8.41 Å². The minimum atomic E-state index is 0. The van der Waals surface area contributed by atoms with E-state index >= 15 is 0 Å². The first-order valence-corrected chi connectivity index (χ1v) is 1.33. The fourth-order valence-electron chi connectivity index (χ4n) is 0. The van der Waals surface area contributed by atoms with Crippen molar-refractivity contribution in [3.63, 3.8) is 0 Å². The summed E-state index contributed by atoms with van der Waals surface area (Å²) in [5, 5.41) is 2.75. The summed E-state index contributed by atoms with van der Waals surface area (Å²) < 4.78 is 0. The zero-order valence-electron chi connectivity index (χ0n) is 4.23. The highest BCUT2D eigenvalue weighted by Crippen LogP contribution is 0.981. The molecule has 0 spiro atoms. The van der Waals surface area contributed by atoms with E-state index in [0.717, 1.165) is 0 Å². The van der Waals surface area contributed by atoms with Gasteiger partial charge in [0.05, 0.1) is 0 Å². The molecule has 37 valence electrons. The maximum absolute atomic E-state index is 4.00. The van der Waals surface area contributed by atoms with Gasteiger partial charge in [0.25, 0.3) is 0 Å². The molecule has 4 heteroatoms. The average Bonchev–Trinajstić information content (AvgIpc) is 1.46. The predicted octanol–water partition coefficient (Wildman–Crippen LogP) is -1.73. The number of nitrogens with one attached hydrogen (secondary N) is 1. The molecule has 0 aromatic carbocycles. The molecule has 0 amide bonds. The molecule has 0 aromatic rings. The second-order valence-corrected chi connectivity index (χ2v) is 0.500. The highest BCUT2D eigenvalue weighted by molar-refractivity contribution is 5.75. The number of hydrogen-bond acceptors (Lipinski definition) is 3. The van der Waals surface area contributed by atoms with Crippen LogP contribution in [0.1, 0.15) is 0 Å². The Kier molecular flexibility index (Phi) is 241. The summed E-state index contributed by atoms with van der Waals surface area (Å²) >= 11 is 0. The summed E-state index contributed by atoms with van der Waals surface area (Å²) in [6.07, 6.45) is 0. The van der Waals surface area contributed by atoms with Crippen molar-refractivity contribution in [3.05, 3.63) is 0 Å². The van der Waals surface area contributed by atoms with E-state index in [0.29, 0.717) is 0 Å². The van der Waals surface area contributed by atoms with Crippen LogP contribution in [0.5, 0.6) is 0 Å². The highest BCUT2D eigenvalue weighted by Gasteiger charge is 1.25. The number of hydrazine groups is 1. The van der Waals surface area contributed by atoms with Gasteiger partial charge in [0.2, 0.25) is 0 Å². The van der Waals surface area contributed by atoms with Crippen molar-refractivity contribution in [1.29, 1.82) is 0 Å². The first-order valence-electron chi connectivity index (χ1n) is 1.33. The molecule has 0 aromatic heterocycles. The van der Waals surface area contributed by atoms with Crippen molar-refractivity contribution in [2.45, 2.75) is 0 Å². The van der Waals surface area contributed by atoms with E-state index in [1.54, 1.807) is 0 Å². The van der Waals surface area contributed by atoms with Crippen LogP contribution in [-0.4, -0.2) is 22.5 Å². The largest absolute Gasteiger partial charge is 0.323 e. The van der Waals surface area contributed by atoms with Gasteiger partial charge in [-0.3, -0.25) is 11.7 Å². The van der Waals surface area contributed by atoms with Crippen LogP contribution in [0.4, 0.5) is 0 Å². The third kappa shape index (κ3) is 11300. The zero-order chi connectivity index (χ0) is 4.71. The second-order valence-electron chi connectivity index (χ2n) is 0.500. The van der Waals surface area contributed by atoms with Crippen molar-refractivity contribution < 1.29 is 0 Å². The zero-order valence-corrected chi connectivity index (χ0v) is 4.23. The van der Waals surface area contributed by atoms with Crippen molar-refractivity contribution in [2.75, 3.05) is 14.1 Å². The van der Waals surface area contributed by atoms with Crippen LogP contribution < -0.4 is 17.0 Å². The normalized spacial score (nSPS) is 4.00. The Labute approximate surface area is 40.6 Å². The van der Waals surface area contributed by atoms with Gasteiger partial charge >= 0.3 is 0 Å². The lowest BCUT2D eigenvalue weighted by Gasteiger charge is -1.59. The Morgan fingerprint density at radius 3 is 1.17 bits per heavy atom. The third-order valence-electron chi connectivity index (χ3n) is 0. The number of nitrogens with two attached hydrogens (primary N) is 2. The molecule has 5 N–H and O–H groups in total. The van der Waals surface area contributed by atoms with Crippen LogP contribution in [0.15, 0.2) is 0 Å². The average molecular weight is 87.9 g/mol. The molecule has 0 rings (SSSR count). The van der Waals surface area contributed by atoms with Crippen LogP contribution in [0.2, 0.25) is 0 Å². The molecule has 0 bridgehead atoms. The Bertz CT molecular complexity index is 8.75. The molecule has 0 unspecified atom stereocenters. The third-order valence-corrected chi connectivity index (χ3v) is 0. The van der Waals surface area contributed by atoms with Crippen LogP contribution in [0, 0.1) is 0 Å². The molecular formula is C2H11BN3. The van der Waals surface area contributed by atoms with Crippen LogP contribution in [-0.2, 0) is 0 Å². The summed E-state index contributed by atoms with van der Waals surface area (Å²) in [5.74, 6) is 8.00. The summed E-state index contributed by atoms with van der Waals surface area (Å²) in [7, 11) is 3.75. The van der Waals surface area contributed by atoms with Gasteiger partial charge in [0.15, 0.2) is 0 Å². The van der Waals surface area contributed by atoms with Crippen LogP contribution in [0.25, 0.3) is 0 Å². The quantitative estimate of drug-likeness (QED) is 0.187. The molecule has 0 fully saturated rings. The summed E-state index contributed by atoms with van der Waals surface area (Å²) in [5.41, 5.74) is 0. The first-order chi connectivity index (χ1) is 2.41. The van der Waals surface area contributed by atoms with E-state index in [4.69, 9.17) is 0 Å². The molecule has 0 aliphatic heterocycles. The van der Waals surface area contributed by atoms with E-state index in [9.17, 15) is 0 Å². The second kappa shape index (κ2) is 86.2. The molecule has 0 saturated carbocycles. The van der Waals surface area contributed by atoms with Crippen molar-refractivity contribution in [1.82, 2.24) is 5.32 Å². The molecule has 0 heterocycles.